The summed E-state index contributed by atoms with van der Waals surface area (Å²) in [7, 11) is 3.06. The van der Waals surface area contributed by atoms with Crippen molar-refractivity contribution in [2.45, 2.75) is 19.8 Å². The number of benzene rings is 1. The Balaban J connectivity index is 2.72. The van der Waals surface area contributed by atoms with Crippen LogP contribution in [0.5, 0.6) is 11.5 Å². The largest absolute Gasteiger partial charge is 0.494 e. The molecule has 0 saturated heterocycles. The molecule has 5 nitrogen and oxygen atoms in total. The summed E-state index contributed by atoms with van der Waals surface area (Å²) >= 11 is 0. The van der Waals surface area contributed by atoms with E-state index in [9.17, 15) is 4.79 Å². The minimum absolute atomic E-state index is 0.403. The molecule has 1 aromatic carbocycles. The number of ether oxygens (including phenoxy) is 3. The summed E-state index contributed by atoms with van der Waals surface area (Å²) in [6, 6.07) is 5.26. The molecule has 0 aliphatic heterocycles. The van der Waals surface area contributed by atoms with Crippen LogP contribution >= 0.6 is 0 Å². The van der Waals surface area contributed by atoms with E-state index in [-0.39, 0.29) is 0 Å². The molecular weight excluding hydrogens is 234 g/mol. The molecule has 0 atom stereocenters. The first kappa shape index (κ1) is 14.2. The first-order chi connectivity index (χ1) is 8.72. The minimum Gasteiger partial charge on any atom is -0.494 e. The van der Waals surface area contributed by atoms with Gasteiger partial charge in [0.25, 0.3) is 0 Å². The van der Waals surface area contributed by atoms with Crippen LogP contribution in [0.2, 0.25) is 0 Å². The lowest BCUT2D eigenvalue weighted by molar-refractivity contribution is 0.159. The van der Waals surface area contributed by atoms with Gasteiger partial charge >= 0.3 is 6.09 Å². The Morgan fingerprint density at radius 3 is 2.33 bits per heavy atom. The maximum Gasteiger partial charge on any atom is 0.411 e. The Hall–Kier alpha value is -1.91. The third kappa shape index (κ3) is 3.84. The van der Waals surface area contributed by atoms with Crippen molar-refractivity contribution in [2.24, 2.45) is 0 Å². The van der Waals surface area contributed by atoms with Gasteiger partial charge in [0, 0.05) is 0 Å². The van der Waals surface area contributed by atoms with Crippen molar-refractivity contribution >= 4 is 11.8 Å². The molecule has 1 amide bonds. The predicted molar refractivity (Wildman–Crippen MR) is 69.4 cm³/mol. The summed E-state index contributed by atoms with van der Waals surface area (Å²) in [6.07, 6.45) is 1.31. The van der Waals surface area contributed by atoms with Crippen molar-refractivity contribution in [3.05, 3.63) is 18.2 Å². The topological polar surface area (TPSA) is 56.8 Å². The summed E-state index contributed by atoms with van der Waals surface area (Å²) in [4.78, 5) is 11.6. The van der Waals surface area contributed by atoms with Crippen molar-refractivity contribution in [3.8, 4) is 11.5 Å². The zero-order valence-corrected chi connectivity index (χ0v) is 11.0. The normalized spacial score (nSPS) is 9.72. The number of carbonyl (C=O) groups excluding carboxylic acids is 1. The van der Waals surface area contributed by atoms with Crippen molar-refractivity contribution in [2.75, 3.05) is 26.1 Å². The molecule has 0 aromatic heterocycles. The van der Waals surface area contributed by atoms with Crippen LogP contribution in [0, 0.1) is 0 Å². The molecule has 0 spiro atoms. The van der Waals surface area contributed by atoms with Crippen molar-refractivity contribution < 1.29 is 19.0 Å². The Bertz CT molecular complexity index is 370. The van der Waals surface area contributed by atoms with Crippen molar-refractivity contribution in [1.82, 2.24) is 0 Å². The molecule has 5 heteroatoms. The van der Waals surface area contributed by atoms with E-state index in [1.54, 1.807) is 18.2 Å². The molecule has 0 unspecified atom stereocenters. The second kappa shape index (κ2) is 7.42. The average molecular weight is 253 g/mol. The summed E-state index contributed by atoms with van der Waals surface area (Å²) in [5, 5.41) is 2.63. The zero-order chi connectivity index (χ0) is 13.4. The minimum atomic E-state index is -0.508. The van der Waals surface area contributed by atoms with Gasteiger partial charge in [-0.05, 0) is 18.6 Å². The highest BCUT2D eigenvalue weighted by atomic mass is 16.5. The highest BCUT2D eigenvalue weighted by Crippen LogP contribution is 2.34. The second-order valence-electron chi connectivity index (χ2n) is 3.65. The van der Waals surface area contributed by atoms with Gasteiger partial charge in [-0.3, -0.25) is 5.32 Å². The Labute approximate surface area is 107 Å². The highest BCUT2D eigenvalue weighted by molar-refractivity contribution is 5.89. The molecule has 0 bridgehead atoms. The molecule has 0 aliphatic rings. The molecule has 1 rings (SSSR count). The van der Waals surface area contributed by atoms with E-state index in [1.807, 2.05) is 6.92 Å². The van der Waals surface area contributed by atoms with Crippen LogP contribution in [0.3, 0.4) is 0 Å². The molecule has 0 heterocycles. The second-order valence-corrected chi connectivity index (χ2v) is 3.65. The van der Waals surface area contributed by atoms with Gasteiger partial charge in [-0.2, -0.15) is 0 Å². The third-order valence-electron chi connectivity index (χ3n) is 2.39. The third-order valence-corrected chi connectivity index (χ3v) is 2.39. The fourth-order valence-corrected chi connectivity index (χ4v) is 1.42. The number of rotatable bonds is 6. The number of para-hydroxylation sites is 1. The van der Waals surface area contributed by atoms with E-state index in [0.717, 1.165) is 12.8 Å². The smallest absolute Gasteiger partial charge is 0.411 e. The number of hydrogen-bond donors (Lipinski definition) is 1. The summed E-state index contributed by atoms with van der Waals surface area (Å²) < 4.78 is 15.4. The maximum absolute atomic E-state index is 11.6. The number of amides is 1. The van der Waals surface area contributed by atoms with Crippen LogP contribution in [0.4, 0.5) is 10.5 Å². The average Bonchev–Trinajstić information content (AvgIpc) is 2.39. The molecule has 1 aromatic rings. The first-order valence-corrected chi connectivity index (χ1v) is 5.87. The Morgan fingerprint density at radius 2 is 1.83 bits per heavy atom. The fourth-order valence-electron chi connectivity index (χ4n) is 1.42. The summed E-state index contributed by atoms with van der Waals surface area (Å²) in [5.74, 6) is 1.06. The summed E-state index contributed by atoms with van der Waals surface area (Å²) in [5.41, 5.74) is 0.476. The molecule has 100 valence electrons. The van der Waals surface area contributed by atoms with E-state index in [4.69, 9.17) is 14.2 Å². The van der Waals surface area contributed by atoms with Gasteiger partial charge in [0.2, 0.25) is 0 Å². The molecule has 0 aliphatic carbocycles. The van der Waals surface area contributed by atoms with E-state index < -0.39 is 6.09 Å². The molecule has 0 fully saturated rings. The zero-order valence-electron chi connectivity index (χ0n) is 11.0. The lowest BCUT2D eigenvalue weighted by atomic mass is 10.2. The molecular formula is C13H19NO4. The summed E-state index contributed by atoms with van der Waals surface area (Å²) in [6.45, 7) is 2.43. The molecule has 18 heavy (non-hydrogen) atoms. The van der Waals surface area contributed by atoms with E-state index in [2.05, 4.69) is 5.32 Å². The fraction of sp³-hybridized carbons (Fsp3) is 0.462. The van der Waals surface area contributed by atoms with Crippen LogP contribution in [0.1, 0.15) is 19.8 Å². The maximum atomic E-state index is 11.6. The number of methoxy groups -OCH3 is 2. The molecule has 0 saturated carbocycles. The molecule has 1 N–H and O–H groups in total. The van der Waals surface area contributed by atoms with Gasteiger partial charge in [-0.25, -0.2) is 4.79 Å². The Morgan fingerprint density at radius 1 is 1.22 bits per heavy atom. The van der Waals surface area contributed by atoms with Crippen LogP contribution in [0.25, 0.3) is 0 Å². The van der Waals surface area contributed by atoms with Crippen molar-refractivity contribution in [1.29, 1.82) is 0 Å². The van der Waals surface area contributed by atoms with E-state index in [1.165, 1.54) is 14.2 Å². The monoisotopic (exact) mass is 253 g/mol. The quantitative estimate of drug-likeness (QED) is 0.792. The van der Waals surface area contributed by atoms with Crippen LogP contribution in [-0.2, 0) is 4.74 Å². The predicted octanol–water partition coefficient (Wildman–Crippen LogP) is 3.05. The number of unbranched alkanes of at least 4 members (excludes halogenated alkanes) is 1. The standard InChI is InChI=1S/C13H19NO4/c1-4-5-9-18-13(15)14-12-10(16-2)7-6-8-11(12)17-3/h6-8H,4-5,9H2,1-3H3,(H,14,15). The molecule has 0 radical (unpaired) electrons. The van der Waals surface area contributed by atoms with Crippen LogP contribution in [0.15, 0.2) is 18.2 Å². The lowest BCUT2D eigenvalue weighted by Crippen LogP contribution is -2.15. The number of nitrogens with one attached hydrogen (secondary N) is 1. The first-order valence-electron chi connectivity index (χ1n) is 5.87. The van der Waals surface area contributed by atoms with Gasteiger partial charge in [-0.1, -0.05) is 19.4 Å². The number of anilines is 1. The van der Waals surface area contributed by atoms with E-state index in [0.29, 0.717) is 23.8 Å². The van der Waals surface area contributed by atoms with Crippen molar-refractivity contribution in [3.63, 3.8) is 0 Å². The van der Waals surface area contributed by atoms with Gasteiger partial charge < -0.3 is 14.2 Å². The number of hydrogen-bond acceptors (Lipinski definition) is 4. The highest BCUT2D eigenvalue weighted by Gasteiger charge is 2.13. The SMILES string of the molecule is CCCCOC(=O)Nc1c(OC)cccc1OC. The Kier molecular flexibility index (Phi) is 5.84. The van der Waals surface area contributed by atoms with Crippen LogP contribution < -0.4 is 14.8 Å². The van der Waals surface area contributed by atoms with E-state index >= 15 is 0 Å². The van der Waals surface area contributed by atoms with Gasteiger partial charge in [0.1, 0.15) is 17.2 Å². The van der Waals surface area contributed by atoms with Gasteiger partial charge in [0.05, 0.1) is 20.8 Å². The van der Waals surface area contributed by atoms with Gasteiger partial charge in [-0.15, -0.1) is 0 Å². The van der Waals surface area contributed by atoms with Gasteiger partial charge in [0.15, 0.2) is 0 Å². The van der Waals surface area contributed by atoms with Crippen LogP contribution in [-0.4, -0.2) is 26.9 Å². The lowest BCUT2D eigenvalue weighted by Gasteiger charge is -2.13. The number of carbonyl (C=O) groups is 1.